The molecular formula is C12H25NO2. The summed E-state index contributed by atoms with van der Waals surface area (Å²) in [5.41, 5.74) is 0. The van der Waals surface area contributed by atoms with E-state index in [1.54, 1.807) is 0 Å². The van der Waals surface area contributed by atoms with Crippen molar-refractivity contribution in [2.24, 2.45) is 5.92 Å². The lowest BCUT2D eigenvalue weighted by Crippen LogP contribution is -2.40. The minimum Gasteiger partial charge on any atom is -0.453 e. The monoisotopic (exact) mass is 215 g/mol. The fourth-order valence-electron chi connectivity index (χ4n) is 1.76. The van der Waals surface area contributed by atoms with Crippen LogP contribution >= 0.6 is 0 Å². The Balaban J connectivity index is 4.27. The number of carbonyl (C=O) groups excluding carboxylic acids is 1. The Bertz CT molecular complexity index is 180. The van der Waals surface area contributed by atoms with E-state index in [9.17, 15) is 4.79 Å². The lowest BCUT2D eigenvalue weighted by Gasteiger charge is -2.29. The minimum absolute atomic E-state index is 0.201. The average Bonchev–Trinajstić information content (AvgIpc) is 2.22. The number of ether oxygens (including phenoxy) is 1. The van der Waals surface area contributed by atoms with Crippen molar-refractivity contribution in [3.05, 3.63) is 0 Å². The van der Waals surface area contributed by atoms with Crippen molar-refractivity contribution in [2.45, 2.75) is 53.0 Å². The van der Waals surface area contributed by atoms with Gasteiger partial charge < -0.3 is 9.64 Å². The molecule has 1 unspecified atom stereocenters. The van der Waals surface area contributed by atoms with Crippen LogP contribution in [0.2, 0.25) is 0 Å². The summed E-state index contributed by atoms with van der Waals surface area (Å²) in [4.78, 5) is 13.3. The van der Waals surface area contributed by atoms with Crippen LogP contribution in [0.15, 0.2) is 0 Å². The van der Waals surface area contributed by atoms with Crippen LogP contribution < -0.4 is 0 Å². The molecule has 0 radical (unpaired) electrons. The first-order chi connectivity index (χ1) is 7.06. The van der Waals surface area contributed by atoms with Crippen LogP contribution in [0.1, 0.15) is 47.0 Å². The third-order valence-corrected chi connectivity index (χ3v) is 2.74. The zero-order valence-electron chi connectivity index (χ0n) is 10.7. The van der Waals surface area contributed by atoms with Gasteiger partial charge in [0.05, 0.1) is 7.11 Å². The van der Waals surface area contributed by atoms with Gasteiger partial charge in [0, 0.05) is 12.6 Å². The molecule has 15 heavy (non-hydrogen) atoms. The van der Waals surface area contributed by atoms with Crippen LogP contribution in [-0.2, 0) is 4.74 Å². The van der Waals surface area contributed by atoms with Crippen molar-refractivity contribution < 1.29 is 9.53 Å². The van der Waals surface area contributed by atoms with Crippen molar-refractivity contribution in [1.82, 2.24) is 4.90 Å². The summed E-state index contributed by atoms with van der Waals surface area (Å²) in [6.07, 6.45) is 3.02. The number of methoxy groups -OCH3 is 1. The second-order valence-electron chi connectivity index (χ2n) is 4.29. The van der Waals surface area contributed by atoms with E-state index in [1.807, 2.05) is 11.8 Å². The summed E-state index contributed by atoms with van der Waals surface area (Å²) in [6.45, 7) is 9.26. The predicted octanol–water partition coefficient (Wildman–Crippen LogP) is 3.29. The molecule has 0 aliphatic carbocycles. The van der Waals surface area contributed by atoms with Gasteiger partial charge in [-0.15, -0.1) is 0 Å². The first-order valence-electron chi connectivity index (χ1n) is 5.91. The maximum atomic E-state index is 11.5. The van der Waals surface area contributed by atoms with Crippen LogP contribution in [0, 0.1) is 5.92 Å². The molecule has 0 bridgehead atoms. The molecule has 0 aromatic carbocycles. The van der Waals surface area contributed by atoms with Crippen molar-refractivity contribution in [3.8, 4) is 0 Å². The van der Waals surface area contributed by atoms with Gasteiger partial charge in [-0.05, 0) is 32.1 Å². The molecule has 0 aliphatic heterocycles. The second-order valence-corrected chi connectivity index (χ2v) is 4.29. The smallest absolute Gasteiger partial charge is 0.409 e. The van der Waals surface area contributed by atoms with Crippen LogP contribution in [-0.4, -0.2) is 30.7 Å². The third-order valence-electron chi connectivity index (χ3n) is 2.74. The normalized spacial score (nSPS) is 12.7. The van der Waals surface area contributed by atoms with Gasteiger partial charge in [-0.3, -0.25) is 0 Å². The minimum atomic E-state index is -0.201. The quantitative estimate of drug-likeness (QED) is 0.680. The molecule has 0 heterocycles. The highest BCUT2D eigenvalue weighted by Crippen LogP contribution is 2.15. The van der Waals surface area contributed by atoms with E-state index in [2.05, 4.69) is 20.8 Å². The maximum absolute atomic E-state index is 11.5. The summed E-state index contributed by atoms with van der Waals surface area (Å²) in [5, 5.41) is 0. The Labute approximate surface area is 93.8 Å². The van der Waals surface area contributed by atoms with E-state index in [4.69, 9.17) is 4.74 Å². The molecule has 0 N–H and O–H groups in total. The van der Waals surface area contributed by atoms with Crippen LogP contribution in [0.4, 0.5) is 4.79 Å². The molecule has 0 fully saturated rings. The second kappa shape index (κ2) is 7.55. The molecule has 0 saturated carbocycles. The number of rotatable bonds is 6. The fraction of sp³-hybridized carbons (Fsp3) is 0.917. The zero-order valence-corrected chi connectivity index (χ0v) is 10.7. The molecule has 3 heteroatoms. The van der Waals surface area contributed by atoms with E-state index in [1.165, 1.54) is 7.11 Å². The van der Waals surface area contributed by atoms with Crippen molar-refractivity contribution >= 4 is 6.09 Å². The number of carbonyl (C=O) groups is 1. The zero-order chi connectivity index (χ0) is 11.8. The van der Waals surface area contributed by atoms with E-state index < -0.39 is 0 Å². The van der Waals surface area contributed by atoms with Gasteiger partial charge in [0.1, 0.15) is 0 Å². The van der Waals surface area contributed by atoms with Crippen LogP contribution in [0.3, 0.4) is 0 Å². The summed E-state index contributed by atoms with van der Waals surface area (Å²) in [5.74, 6) is 0.690. The van der Waals surface area contributed by atoms with Gasteiger partial charge in [0.25, 0.3) is 0 Å². The Morgan fingerprint density at radius 2 is 1.87 bits per heavy atom. The fourth-order valence-corrected chi connectivity index (χ4v) is 1.76. The molecule has 0 spiro atoms. The number of hydrogen-bond acceptors (Lipinski definition) is 2. The van der Waals surface area contributed by atoms with Gasteiger partial charge in [-0.25, -0.2) is 4.79 Å². The number of amides is 1. The van der Waals surface area contributed by atoms with Gasteiger partial charge in [0.15, 0.2) is 0 Å². The van der Waals surface area contributed by atoms with Crippen LogP contribution in [0.25, 0.3) is 0 Å². The number of nitrogens with zero attached hydrogens (tertiary/aromatic N) is 1. The van der Waals surface area contributed by atoms with Crippen molar-refractivity contribution in [1.29, 1.82) is 0 Å². The molecule has 0 aliphatic rings. The van der Waals surface area contributed by atoms with Gasteiger partial charge in [-0.1, -0.05) is 20.8 Å². The number of hydrogen-bond donors (Lipinski definition) is 0. The molecule has 1 atom stereocenters. The highest BCUT2D eigenvalue weighted by Gasteiger charge is 2.21. The van der Waals surface area contributed by atoms with E-state index in [-0.39, 0.29) is 6.09 Å². The SMILES string of the molecule is CCC(CCC(C)C)N(CC)C(=O)OC. The largest absolute Gasteiger partial charge is 0.453 e. The van der Waals surface area contributed by atoms with E-state index in [0.29, 0.717) is 12.0 Å². The Morgan fingerprint density at radius 1 is 1.27 bits per heavy atom. The third kappa shape index (κ3) is 5.05. The van der Waals surface area contributed by atoms with E-state index in [0.717, 1.165) is 25.8 Å². The molecule has 0 aromatic rings. The van der Waals surface area contributed by atoms with Gasteiger partial charge in [0.2, 0.25) is 0 Å². The molecular weight excluding hydrogens is 190 g/mol. The first-order valence-corrected chi connectivity index (χ1v) is 5.91. The maximum Gasteiger partial charge on any atom is 0.409 e. The first kappa shape index (κ1) is 14.3. The summed E-state index contributed by atoms with van der Waals surface area (Å²) in [6, 6.07) is 0.324. The molecule has 0 aromatic heterocycles. The highest BCUT2D eigenvalue weighted by atomic mass is 16.5. The summed E-state index contributed by atoms with van der Waals surface area (Å²) < 4.78 is 4.78. The molecule has 0 saturated heterocycles. The van der Waals surface area contributed by atoms with Crippen molar-refractivity contribution in [3.63, 3.8) is 0 Å². The molecule has 90 valence electrons. The predicted molar refractivity (Wildman–Crippen MR) is 62.9 cm³/mol. The molecule has 1 amide bonds. The lowest BCUT2D eigenvalue weighted by molar-refractivity contribution is 0.102. The average molecular weight is 215 g/mol. The highest BCUT2D eigenvalue weighted by molar-refractivity contribution is 5.67. The Morgan fingerprint density at radius 3 is 2.20 bits per heavy atom. The summed E-state index contributed by atoms with van der Waals surface area (Å²) in [7, 11) is 1.44. The summed E-state index contributed by atoms with van der Waals surface area (Å²) >= 11 is 0. The van der Waals surface area contributed by atoms with Crippen molar-refractivity contribution in [2.75, 3.05) is 13.7 Å². The van der Waals surface area contributed by atoms with Gasteiger partial charge in [-0.2, -0.15) is 0 Å². The Kier molecular flexibility index (Phi) is 7.18. The molecule has 0 rings (SSSR count). The molecule has 3 nitrogen and oxygen atoms in total. The Hall–Kier alpha value is -0.730. The van der Waals surface area contributed by atoms with E-state index >= 15 is 0 Å². The van der Waals surface area contributed by atoms with Gasteiger partial charge >= 0.3 is 6.09 Å². The van der Waals surface area contributed by atoms with Crippen LogP contribution in [0.5, 0.6) is 0 Å². The topological polar surface area (TPSA) is 29.5 Å². The standard InChI is InChI=1S/C12H25NO2/c1-6-11(9-8-10(3)4)13(7-2)12(14)15-5/h10-11H,6-9H2,1-5H3. The lowest BCUT2D eigenvalue weighted by atomic mass is 10.0.